The first-order valence-electron chi connectivity index (χ1n) is 10.2. The van der Waals surface area contributed by atoms with Gasteiger partial charge in [-0.3, -0.25) is 0 Å². The van der Waals surface area contributed by atoms with E-state index in [2.05, 4.69) is 4.18 Å². The molecule has 0 spiro atoms. The third kappa shape index (κ3) is 7.45. The van der Waals surface area contributed by atoms with Crippen LogP contribution in [-0.4, -0.2) is 72.3 Å². The average Bonchev–Trinajstić information content (AvgIpc) is 2.96. The topological polar surface area (TPSA) is 98.8 Å². The van der Waals surface area contributed by atoms with Crippen molar-refractivity contribution >= 4 is 10.1 Å². The number of fused-ring (bicyclic) bond motifs is 1. The molecule has 0 saturated carbocycles. The maximum absolute atomic E-state index is 12.7. The fourth-order valence-electron chi connectivity index (χ4n) is 3.62. The van der Waals surface area contributed by atoms with Gasteiger partial charge < -0.3 is 32.6 Å². The number of hydrogen-bond acceptors (Lipinski definition) is 9. The number of alkyl halides is 3. The molecule has 0 aliphatic carbocycles. The Hall–Kier alpha value is -1.12. The number of hydrogen-bond donors (Lipinski definition) is 0. The van der Waals surface area contributed by atoms with Gasteiger partial charge in [-0.05, 0) is 51.5 Å². The Bertz CT molecular complexity index is 713. The molecule has 4 atom stereocenters. The lowest BCUT2D eigenvalue weighted by atomic mass is 9.90. The molecule has 0 aromatic heterocycles. The highest BCUT2D eigenvalue weighted by Crippen LogP contribution is 2.38. The van der Waals surface area contributed by atoms with Crippen molar-refractivity contribution in [1.29, 1.82) is 0 Å². The van der Waals surface area contributed by atoms with Gasteiger partial charge in [0.2, 0.25) is 0 Å². The van der Waals surface area contributed by atoms with Crippen molar-refractivity contribution in [3.05, 3.63) is 12.0 Å². The van der Waals surface area contributed by atoms with Gasteiger partial charge in [0.1, 0.15) is 19.7 Å². The van der Waals surface area contributed by atoms with Gasteiger partial charge in [-0.1, -0.05) is 0 Å². The van der Waals surface area contributed by atoms with Gasteiger partial charge >= 0.3 is 15.6 Å². The molecular weight excluding hydrogens is 461 g/mol. The highest BCUT2D eigenvalue weighted by atomic mass is 32.2. The molecule has 2 aliphatic rings. The van der Waals surface area contributed by atoms with Crippen molar-refractivity contribution in [1.82, 2.24) is 0 Å². The monoisotopic (exact) mass is 492 g/mol. The Balaban J connectivity index is 2.10. The van der Waals surface area contributed by atoms with Gasteiger partial charge in [-0.25, -0.2) is 0 Å². The van der Waals surface area contributed by atoms with E-state index in [4.69, 9.17) is 28.4 Å². The lowest BCUT2D eigenvalue weighted by Gasteiger charge is -2.36. The van der Waals surface area contributed by atoms with Crippen LogP contribution in [0.25, 0.3) is 0 Å². The highest BCUT2D eigenvalue weighted by Gasteiger charge is 2.50. The molecule has 188 valence electrons. The standard InChI is InChI=1S/C19H31F3O9S/c1-18(28-13-26-3)10-9-15-14(29-16(18)7-5-11-27-12-25-2)6-4-8-17(30-15)31-32(23,24)19(20,21)22/h8,14-16H,4-7,9-13H2,1-3H3/t14-,15+,16+,18-/m0/s1. The van der Waals surface area contributed by atoms with E-state index < -0.39 is 39.4 Å². The first kappa shape index (κ1) is 27.1. The number of methoxy groups -OCH3 is 2. The van der Waals surface area contributed by atoms with Gasteiger partial charge in [0, 0.05) is 20.8 Å². The molecule has 0 unspecified atom stereocenters. The summed E-state index contributed by atoms with van der Waals surface area (Å²) < 4.78 is 98.0. The lowest BCUT2D eigenvalue weighted by Crippen LogP contribution is -2.44. The molecule has 13 heteroatoms. The van der Waals surface area contributed by atoms with Gasteiger partial charge in [0.15, 0.2) is 0 Å². The molecular formula is C19H31F3O9S. The van der Waals surface area contributed by atoms with Crippen molar-refractivity contribution in [2.24, 2.45) is 0 Å². The first-order chi connectivity index (χ1) is 15.0. The van der Waals surface area contributed by atoms with Crippen LogP contribution in [0.1, 0.15) is 45.4 Å². The zero-order valence-corrected chi connectivity index (χ0v) is 19.2. The molecule has 32 heavy (non-hydrogen) atoms. The second-order valence-electron chi connectivity index (χ2n) is 7.76. The molecule has 0 bridgehead atoms. The summed E-state index contributed by atoms with van der Waals surface area (Å²) in [5.41, 5.74) is -6.30. The largest absolute Gasteiger partial charge is 0.534 e. The van der Waals surface area contributed by atoms with E-state index in [1.165, 1.54) is 20.3 Å². The summed E-state index contributed by atoms with van der Waals surface area (Å²) in [6, 6.07) is 0. The molecule has 1 fully saturated rings. The Morgan fingerprint density at radius 2 is 1.88 bits per heavy atom. The van der Waals surface area contributed by atoms with Crippen LogP contribution in [0.2, 0.25) is 0 Å². The smallest absolute Gasteiger partial charge is 0.459 e. The van der Waals surface area contributed by atoms with Crippen LogP contribution in [0.4, 0.5) is 13.2 Å². The maximum atomic E-state index is 12.7. The van der Waals surface area contributed by atoms with Crippen molar-refractivity contribution < 1.29 is 54.2 Å². The molecule has 2 rings (SSSR count). The van der Waals surface area contributed by atoms with Gasteiger partial charge in [0.05, 0.1) is 17.8 Å². The maximum Gasteiger partial charge on any atom is 0.534 e. The van der Waals surface area contributed by atoms with E-state index in [0.29, 0.717) is 38.7 Å². The SMILES string of the molecule is COCOCCC[C@H]1O[C@H]2CCC=C(OS(=O)(=O)C(F)(F)F)O[C@@H]2CC[C@]1(C)OCOC. The fourth-order valence-corrected chi connectivity index (χ4v) is 4.04. The van der Waals surface area contributed by atoms with Crippen LogP contribution in [0.3, 0.4) is 0 Å². The van der Waals surface area contributed by atoms with Crippen molar-refractivity contribution in [3.63, 3.8) is 0 Å². The minimum Gasteiger partial charge on any atom is -0.459 e. The van der Waals surface area contributed by atoms with Gasteiger partial charge in [0.25, 0.3) is 5.95 Å². The number of ether oxygens (including phenoxy) is 6. The Labute approximate surface area is 186 Å². The van der Waals surface area contributed by atoms with Crippen LogP contribution in [-0.2, 0) is 42.7 Å². The number of allylic oxidation sites excluding steroid dienone is 1. The van der Waals surface area contributed by atoms with Gasteiger partial charge in [-0.15, -0.1) is 0 Å². The van der Waals surface area contributed by atoms with Crippen LogP contribution >= 0.6 is 0 Å². The van der Waals surface area contributed by atoms with Crippen LogP contribution < -0.4 is 0 Å². The van der Waals surface area contributed by atoms with E-state index in [0.717, 1.165) is 0 Å². The summed E-state index contributed by atoms with van der Waals surface area (Å²) in [4.78, 5) is 0. The van der Waals surface area contributed by atoms with Gasteiger partial charge in [-0.2, -0.15) is 21.6 Å². The second-order valence-corrected chi connectivity index (χ2v) is 9.30. The second kappa shape index (κ2) is 11.8. The Morgan fingerprint density at radius 3 is 2.53 bits per heavy atom. The third-order valence-electron chi connectivity index (χ3n) is 5.33. The van der Waals surface area contributed by atoms with Crippen molar-refractivity contribution in [2.75, 3.05) is 34.4 Å². The zero-order chi connectivity index (χ0) is 23.8. The van der Waals surface area contributed by atoms with E-state index in [1.54, 1.807) is 0 Å². The summed E-state index contributed by atoms with van der Waals surface area (Å²) in [6.45, 7) is 2.54. The average molecular weight is 493 g/mol. The molecule has 1 saturated heterocycles. The predicted molar refractivity (Wildman–Crippen MR) is 105 cm³/mol. The predicted octanol–water partition coefficient (Wildman–Crippen LogP) is 3.20. The van der Waals surface area contributed by atoms with E-state index >= 15 is 0 Å². The third-order valence-corrected chi connectivity index (χ3v) is 6.28. The van der Waals surface area contributed by atoms with Crippen LogP contribution in [0.15, 0.2) is 12.0 Å². The summed E-state index contributed by atoms with van der Waals surface area (Å²) >= 11 is 0. The Morgan fingerprint density at radius 1 is 1.16 bits per heavy atom. The molecule has 0 N–H and O–H groups in total. The molecule has 9 nitrogen and oxygen atoms in total. The number of rotatable bonds is 11. The van der Waals surface area contributed by atoms with E-state index in [-0.39, 0.29) is 26.1 Å². The normalized spacial score (nSPS) is 29.3. The van der Waals surface area contributed by atoms with Crippen LogP contribution in [0, 0.1) is 0 Å². The lowest BCUT2D eigenvalue weighted by molar-refractivity contribution is -0.195. The Kier molecular flexibility index (Phi) is 10.0. The first-order valence-corrected chi connectivity index (χ1v) is 11.7. The number of halogens is 3. The van der Waals surface area contributed by atoms with E-state index in [1.807, 2.05) is 6.92 Å². The molecule has 0 aromatic rings. The highest BCUT2D eigenvalue weighted by molar-refractivity contribution is 7.87. The molecule has 0 aromatic carbocycles. The van der Waals surface area contributed by atoms with E-state index in [9.17, 15) is 21.6 Å². The summed E-state index contributed by atoms with van der Waals surface area (Å²) in [6.07, 6.45) is 2.32. The minimum atomic E-state index is -5.83. The van der Waals surface area contributed by atoms with Crippen molar-refractivity contribution in [3.8, 4) is 0 Å². The summed E-state index contributed by atoms with van der Waals surface area (Å²) in [5, 5.41) is 0. The van der Waals surface area contributed by atoms with Crippen molar-refractivity contribution in [2.45, 2.75) is 74.9 Å². The summed E-state index contributed by atoms with van der Waals surface area (Å²) in [7, 11) is -2.80. The molecule has 0 amide bonds. The zero-order valence-electron chi connectivity index (χ0n) is 18.4. The molecule has 2 aliphatic heterocycles. The minimum absolute atomic E-state index is 0.0326. The molecule has 2 heterocycles. The van der Waals surface area contributed by atoms with Crippen LogP contribution in [0.5, 0.6) is 0 Å². The summed E-state index contributed by atoms with van der Waals surface area (Å²) in [5.74, 6) is -0.690. The fraction of sp³-hybridized carbons (Fsp3) is 0.895. The quantitative estimate of drug-likeness (QED) is 0.186. The molecule has 0 radical (unpaired) electrons.